The van der Waals surface area contributed by atoms with Crippen LogP contribution in [0, 0.1) is 13.8 Å². The molecule has 0 fully saturated rings. The first-order valence-corrected chi connectivity index (χ1v) is 6.63. The maximum Gasteiger partial charge on any atom is 0.313 e. The van der Waals surface area contributed by atoms with Gasteiger partial charge in [-0.25, -0.2) is 0 Å². The predicted molar refractivity (Wildman–Crippen MR) is 78.5 cm³/mol. The molecule has 1 aromatic carbocycles. The van der Waals surface area contributed by atoms with Crippen LogP contribution in [0.4, 0.5) is 5.69 Å². The van der Waals surface area contributed by atoms with E-state index < -0.39 is 17.4 Å². The van der Waals surface area contributed by atoms with Crippen LogP contribution in [0.3, 0.4) is 0 Å². The Morgan fingerprint density at radius 1 is 1.15 bits per heavy atom. The molecule has 110 valence electrons. The van der Waals surface area contributed by atoms with Crippen molar-refractivity contribution in [3.8, 4) is 0 Å². The van der Waals surface area contributed by atoms with Gasteiger partial charge in [0.2, 0.25) is 0 Å². The fourth-order valence-electron chi connectivity index (χ4n) is 1.71. The van der Waals surface area contributed by atoms with Crippen molar-refractivity contribution in [2.45, 2.75) is 39.7 Å². The van der Waals surface area contributed by atoms with Crippen LogP contribution in [0.25, 0.3) is 0 Å². The van der Waals surface area contributed by atoms with Crippen molar-refractivity contribution in [1.82, 2.24) is 5.32 Å². The predicted octanol–water partition coefficient (Wildman–Crippen LogP) is 1.52. The number of rotatable bonds is 4. The average molecular weight is 278 g/mol. The Bertz CT molecular complexity index is 490. The Balaban J connectivity index is 2.60. The largest absolute Gasteiger partial charge is 0.388 e. The minimum atomic E-state index is -1.00. The molecule has 20 heavy (non-hydrogen) atoms. The topological polar surface area (TPSA) is 78.4 Å². The quantitative estimate of drug-likeness (QED) is 0.731. The van der Waals surface area contributed by atoms with E-state index in [1.54, 1.807) is 19.1 Å². The minimum Gasteiger partial charge on any atom is -0.388 e. The summed E-state index contributed by atoms with van der Waals surface area (Å²) < 4.78 is 0. The summed E-state index contributed by atoms with van der Waals surface area (Å²) in [6.07, 6.45) is 0.492. The van der Waals surface area contributed by atoms with Gasteiger partial charge in [0.15, 0.2) is 0 Å². The van der Waals surface area contributed by atoms with E-state index in [1.165, 1.54) is 0 Å². The number of amides is 2. The number of aryl methyl sites for hydroxylation is 2. The third-order valence-corrected chi connectivity index (χ3v) is 3.08. The Morgan fingerprint density at radius 2 is 1.70 bits per heavy atom. The fourth-order valence-corrected chi connectivity index (χ4v) is 1.71. The van der Waals surface area contributed by atoms with Gasteiger partial charge in [-0.05, 0) is 50.5 Å². The molecule has 0 heterocycles. The zero-order valence-corrected chi connectivity index (χ0v) is 12.4. The lowest BCUT2D eigenvalue weighted by molar-refractivity contribution is -0.136. The van der Waals surface area contributed by atoms with Crippen LogP contribution in [0.1, 0.15) is 31.4 Å². The summed E-state index contributed by atoms with van der Waals surface area (Å²) in [6.45, 7) is 7.29. The maximum atomic E-state index is 11.7. The smallest absolute Gasteiger partial charge is 0.313 e. The lowest BCUT2D eigenvalue weighted by Crippen LogP contribution is -2.44. The molecule has 0 radical (unpaired) electrons. The molecular weight excluding hydrogens is 256 g/mol. The molecule has 1 rings (SSSR count). The van der Waals surface area contributed by atoms with Crippen molar-refractivity contribution in [3.05, 3.63) is 29.3 Å². The second-order valence-electron chi connectivity index (χ2n) is 5.36. The minimum absolute atomic E-state index is 0.0442. The normalized spacial score (nSPS) is 13.4. The first kappa shape index (κ1) is 16.2. The van der Waals surface area contributed by atoms with E-state index in [-0.39, 0.29) is 6.54 Å². The molecule has 0 bridgehead atoms. The SMILES string of the molecule is CC[C@](C)(O)CNC(=O)C(=O)Nc1cc(C)cc(C)c1. The zero-order chi connectivity index (χ0) is 15.3. The van der Waals surface area contributed by atoms with Gasteiger partial charge in [0, 0.05) is 12.2 Å². The van der Waals surface area contributed by atoms with E-state index in [4.69, 9.17) is 0 Å². The molecule has 0 aromatic heterocycles. The van der Waals surface area contributed by atoms with Crippen molar-refractivity contribution >= 4 is 17.5 Å². The number of carbonyl (C=O) groups is 2. The van der Waals surface area contributed by atoms with Crippen LogP contribution >= 0.6 is 0 Å². The highest BCUT2D eigenvalue weighted by atomic mass is 16.3. The van der Waals surface area contributed by atoms with Gasteiger partial charge < -0.3 is 15.7 Å². The summed E-state index contributed by atoms with van der Waals surface area (Å²) in [5, 5.41) is 14.7. The van der Waals surface area contributed by atoms with E-state index in [9.17, 15) is 14.7 Å². The van der Waals surface area contributed by atoms with E-state index in [0.717, 1.165) is 11.1 Å². The van der Waals surface area contributed by atoms with Crippen molar-refractivity contribution in [3.63, 3.8) is 0 Å². The molecule has 0 spiro atoms. The van der Waals surface area contributed by atoms with E-state index in [0.29, 0.717) is 12.1 Å². The molecule has 1 aromatic rings. The Kier molecular flexibility index (Phi) is 5.27. The van der Waals surface area contributed by atoms with Crippen molar-refractivity contribution in [2.24, 2.45) is 0 Å². The third-order valence-electron chi connectivity index (χ3n) is 3.08. The first-order chi connectivity index (χ1) is 9.23. The molecule has 5 heteroatoms. The van der Waals surface area contributed by atoms with Crippen LogP contribution in [0.2, 0.25) is 0 Å². The molecule has 0 aliphatic carbocycles. The number of anilines is 1. The highest BCUT2D eigenvalue weighted by Gasteiger charge is 2.21. The molecule has 1 atom stereocenters. The fraction of sp³-hybridized carbons (Fsp3) is 0.467. The lowest BCUT2D eigenvalue weighted by atomic mass is 10.0. The maximum absolute atomic E-state index is 11.7. The van der Waals surface area contributed by atoms with Crippen LogP contribution < -0.4 is 10.6 Å². The zero-order valence-electron chi connectivity index (χ0n) is 12.4. The molecule has 0 saturated heterocycles. The van der Waals surface area contributed by atoms with Crippen molar-refractivity contribution in [1.29, 1.82) is 0 Å². The summed E-state index contributed by atoms with van der Waals surface area (Å²) in [7, 11) is 0. The molecular formula is C15H22N2O3. The molecule has 0 aliphatic heterocycles. The van der Waals surface area contributed by atoms with E-state index in [1.807, 2.05) is 26.8 Å². The van der Waals surface area contributed by atoms with E-state index >= 15 is 0 Å². The molecule has 0 unspecified atom stereocenters. The van der Waals surface area contributed by atoms with Gasteiger partial charge in [-0.15, -0.1) is 0 Å². The average Bonchev–Trinajstić information content (AvgIpc) is 2.34. The Morgan fingerprint density at radius 3 is 2.20 bits per heavy atom. The summed E-state index contributed by atoms with van der Waals surface area (Å²) >= 11 is 0. The number of nitrogens with one attached hydrogen (secondary N) is 2. The number of aliphatic hydroxyl groups is 1. The van der Waals surface area contributed by atoms with Gasteiger partial charge in [-0.1, -0.05) is 13.0 Å². The van der Waals surface area contributed by atoms with Crippen LogP contribution in [0.15, 0.2) is 18.2 Å². The van der Waals surface area contributed by atoms with Gasteiger partial charge in [0.1, 0.15) is 0 Å². The number of carbonyl (C=O) groups excluding carboxylic acids is 2. The van der Waals surface area contributed by atoms with Crippen LogP contribution in [-0.2, 0) is 9.59 Å². The van der Waals surface area contributed by atoms with Crippen molar-refractivity contribution < 1.29 is 14.7 Å². The molecule has 2 amide bonds. The summed E-state index contributed by atoms with van der Waals surface area (Å²) in [6, 6.07) is 5.56. The molecule has 5 nitrogen and oxygen atoms in total. The number of hydrogen-bond acceptors (Lipinski definition) is 3. The second-order valence-corrected chi connectivity index (χ2v) is 5.36. The van der Waals surface area contributed by atoms with Gasteiger partial charge in [-0.2, -0.15) is 0 Å². The number of hydrogen-bond donors (Lipinski definition) is 3. The third kappa shape index (κ3) is 5.01. The van der Waals surface area contributed by atoms with Gasteiger partial charge in [0.05, 0.1) is 5.60 Å². The molecule has 0 aliphatic rings. The highest BCUT2D eigenvalue weighted by Crippen LogP contribution is 2.13. The van der Waals surface area contributed by atoms with Gasteiger partial charge in [-0.3, -0.25) is 9.59 Å². The lowest BCUT2D eigenvalue weighted by Gasteiger charge is -2.21. The van der Waals surface area contributed by atoms with Gasteiger partial charge >= 0.3 is 11.8 Å². The first-order valence-electron chi connectivity index (χ1n) is 6.63. The molecule has 3 N–H and O–H groups in total. The molecule has 0 saturated carbocycles. The second kappa shape index (κ2) is 6.52. The summed E-state index contributed by atoms with van der Waals surface area (Å²) in [5.41, 5.74) is 1.60. The Labute approximate surface area is 119 Å². The monoisotopic (exact) mass is 278 g/mol. The highest BCUT2D eigenvalue weighted by molar-refractivity contribution is 6.39. The number of benzene rings is 1. The Hall–Kier alpha value is -1.88. The summed E-state index contributed by atoms with van der Waals surface area (Å²) in [5.74, 6) is -1.49. The standard InChI is InChI=1S/C15H22N2O3/c1-5-15(4,20)9-16-13(18)14(19)17-12-7-10(2)6-11(3)8-12/h6-8,20H,5,9H2,1-4H3,(H,16,18)(H,17,19)/t15-/m0/s1. The van der Waals surface area contributed by atoms with E-state index in [2.05, 4.69) is 10.6 Å². The van der Waals surface area contributed by atoms with Gasteiger partial charge in [0.25, 0.3) is 0 Å². The summed E-state index contributed by atoms with van der Waals surface area (Å²) in [4.78, 5) is 23.4. The van der Waals surface area contributed by atoms with Crippen molar-refractivity contribution in [2.75, 3.05) is 11.9 Å². The van der Waals surface area contributed by atoms with Crippen LogP contribution in [-0.4, -0.2) is 29.1 Å². The van der Waals surface area contributed by atoms with Crippen LogP contribution in [0.5, 0.6) is 0 Å².